The predicted octanol–water partition coefficient (Wildman–Crippen LogP) is 1.41. The normalized spacial score (nSPS) is 13.1. The van der Waals surface area contributed by atoms with Gasteiger partial charge in [0.05, 0.1) is 5.52 Å². The zero-order valence-corrected chi connectivity index (χ0v) is 10.3. The molecule has 1 N–H and O–H groups in total. The number of nitrogens with zero attached hydrogens (tertiary/aromatic N) is 1. The van der Waals surface area contributed by atoms with Crippen LogP contribution in [0.3, 0.4) is 0 Å². The first-order chi connectivity index (χ1) is 8.10. The van der Waals surface area contributed by atoms with E-state index < -0.39 is 27.3 Å². The summed E-state index contributed by atoms with van der Waals surface area (Å²) in [4.78, 5) is 16.3. The molecule has 0 radical (unpaired) electrons. The number of sulfone groups is 1. The smallest absolute Gasteiger partial charge is 0.318 e. The Balaban J connectivity index is 2.88. The maximum Gasteiger partial charge on any atom is 0.438 e. The van der Waals surface area contributed by atoms with Gasteiger partial charge in [0.15, 0.2) is 9.84 Å². The second-order valence-electron chi connectivity index (χ2n) is 3.47. The van der Waals surface area contributed by atoms with Gasteiger partial charge in [-0.2, -0.15) is 13.2 Å². The summed E-state index contributed by atoms with van der Waals surface area (Å²) in [6, 6.07) is 0. The molecule has 98 valence electrons. The van der Waals surface area contributed by atoms with E-state index in [2.05, 4.69) is 4.98 Å². The molecule has 18 heavy (non-hydrogen) atoms. The first kappa shape index (κ1) is 13.0. The molecule has 0 bridgehead atoms. The van der Waals surface area contributed by atoms with Gasteiger partial charge in [0.25, 0.3) is 5.56 Å². The van der Waals surface area contributed by atoms with E-state index >= 15 is 0 Å². The Morgan fingerprint density at radius 2 is 2.00 bits per heavy atom. The molecule has 10 heteroatoms. The van der Waals surface area contributed by atoms with Crippen LogP contribution in [0.15, 0.2) is 14.4 Å². The van der Waals surface area contributed by atoms with E-state index in [0.717, 1.165) is 6.26 Å². The number of halogens is 3. The molecule has 0 saturated carbocycles. The Bertz CT molecular complexity index is 773. The molecule has 0 spiro atoms. The zero-order chi connectivity index (χ0) is 13.7. The lowest BCUT2D eigenvalue weighted by Gasteiger charge is -2.04. The summed E-state index contributed by atoms with van der Waals surface area (Å²) in [6.45, 7) is 0. The van der Waals surface area contributed by atoms with Crippen LogP contribution in [0.1, 0.15) is 5.69 Å². The van der Waals surface area contributed by atoms with E-state index in [1.807, 2.05) is 4.98 Å². The van der Waals surface area contributed by atoms with Gasteiger partial charge in [0.1, 0.15) is 9.73 Å². The van der Waals surface area contributed by atoms with Gasteiger partial charge in [0, 0.05) is 11.6 Å². The number of aromatic amines is 1. The van der Waals surface area contributed by atoms with Gasteiger partial charge in [-0.3, -0.25) is 4.79 Å². The fourth-order valence-corrected chi connectivity index (χ4v) is 3.34. The Morgan fingerprint density at radius 3 is 2.50 bits per heavy atom. The molecule has 0 aliphatic carbocycles. The Morgan fingerprint density at radius 1 is 1.39 bits per heavy atom. The van der Waals surface area contributed by atoms with Crippen LogP contribution < -0.4 is 5.56 Å². The van der Waals surface area contributed by atoms with Crippen LogP contribution in [0.25, 0.3) is 11.0 Å². The summed E-state index contributed by atoms with van der Waals surface area (Å²) in [6.07, 6.45) is -4.07. The summed E-state index contributed by atoms with van der Waals surface area (Å²) < 4.78 is 59.8. The SMILES string of the molecule is CS(=O)(=O)c1scc2[nH]c(=O)c(C(F)(F)F)nc12. The Hall–Kier alpha value is -1.42. The van der Waals surface area contributed by atoms with Crippen molar-refractivity contribution in [3.63, 3.8) is 0 Å². The van der Waals surface area contributed by atoms with Gasteiger partial charge in [-0.1, -0.05) is 0 Å². The van der Waals surface area contributed by atoms with Gasteiger partial charge in [0.2, 0.25) is 5.69 Å². The van der Waals surface area contributed by atoms with Crippen LogP contribution in [0.4, 0.5) is 13.2 Å². The third-order valence-electron chi connectivity index (χ3n) is 2.02. The molecule has 0 atom stereocenters. The zero-order valence-electron chi connectivity index (χ0n) is 8.70. The molecule has 0 saturated heterocycles. The molecule has 2 heterocycles. The average Bonchev–Trinajstić information content (AvgIpc) is 2.56. The van der Waals surface area contributed by atoms with Crippen molar-refractivity contribution in [1.82, 2.24) is 9.97 Å². The highest BCUT2D eigenvalue weighted by molar-refractivity contribution is 7.93. The van der Waals surface area contributed by atoms with E-state index in [9.17, 15) is 26.4 Å². The largest absolute Gasteiger partial charge is 0.438 e. The monoisotopic (exact) mass is 298 g/mol. The molecule has 0 aliphatic heterocycles. The highest BCUT2D eigenvalue weighted by Crippen LogP contribution is 2.30. The van der Waals surface area contributed by atoms with Crippen molar-refractivity contribution in [2.24, 2.45) is 0 Å². The van der Waals surface area contributed by atoms with Gasteiger partial charge < -0.3 is 4.98 Å². The summed E-state index contributed by atoms with van der Waals surface area (Å²) in [5.41, 5.74) is -3.45. The van der Waals surface area contributed by atoms with Crippen LogP contribution in [-0.4, -0.2) is 24.6 Å². The number of nitrogens with one attached hydrogen (secondary N) is 1. The number of alkyl halides is 3. The van der Waals surface area contributed by atoms with E-state index in [1.165, 1.54) is 5.38 Å². The number of thiophene rings is 1. The minimum absolute atomic E-state index is 0.0292. The van der Waals surface area contributed by atoms with E-state index in [4.69, 9.17) is 0 Å². The molecule has 0 unspecified atom stereocenters. The minimum atomic E-state index is -4.93. The van der Waals surface area contributed by atoms with E-state index in [0.29, 0.717) is 11.3 Å². The molecular formula is C8H5F3N2O3S2. The lowest BCUT2D eigenvalue weighted by Crippen LogP contribution is -2.23. The highest BCUT2D eigenvalue weighted by Gasteiger charge is 2.37. The first-order valence-electron chi connectivity index (χ1n) is 4.39. The third-order valence-corrected chi connectivity index (χ3v) is 4.85. The number of fused-ring (bicyclic) bond motifs is 1. The standard InChI is InChI=1S/C8H5F3N2O3S2/c1-18(15,16)7-4-3(2-17-7)12-6(14)5(13-4)8(9,10)11/h2H,1H3,(H,12,14). The third kappa shape index (κ3) is 2.12. The van der Waals surface area contributed by atoms with E-state index in [1.54, 1.807) is 0 Å². The second-order valence-corrected chi connectivity index (χ2v) is 6.56. The van der Waals surface area contributed by atoms with Crippen molar-refractivity contribution in [2.75, 3.05) is 6.26 Å². The number of H-pyrrole nitrogens is 1. The first-order valence-corrected chi connectivity index (χ1v) is 7.16. The van der Waals surface area contributed by atoms with Crippen molar-refractivity contribution < 1.29 is 21.6 Å². The lowest BCUT2D eigenvalue weighted by atomic mass is 10.4. The van der Waals surface area contributed by atoms with Crippen molar-refractivity contribution in [3.8, 4) is 0 Å². The van der Waals surface area contributed by atoms with Crippen molar-refractivity contribution in [3.05, 3.63) is 21.4 Å². The average molecular weight is 298 g/mol. The molecular weight excluding hydrogens is 293 g/mol. The molecule has 2 aromatic heterocycles. The minimum Gasteiger partial charge on any atom is -0.318 e. The van der Waals surface area contributed by atoms with Crippen molar-refractivity contribution in [1.29, 1.82) is 0 Å². The van der Waals surface area contributed by atoms with Crippen molar-refractivity contribution >= 4 is 32.2 Å². The molecule has 0 amide bonds. The molecule has 2 rings (SSSR count). The van der Waals surface area contributed by atoms with Gasteiger partial charge >= 0.3 is 6.18 Å². The maximum absolute atomic E-state index is 12.5. The summed E-state index contributed by atoms with van der Waals surface area (Å²) in [5.74, 6) is 0. The summed E-state index contributed by atoms with van der Waals surface area (Å²) >= 11 is 0.710. The van der Waals surface area contributed by atoms with Crippen LogP contribution in [-0.2, 0) is 16.0 Å². The molecule has 0 aliphatic rings. The second kappa shape index (κ2) is 3.79. The highest BCUT2D eigenvalue weighted by atomic mass is 32.2. The fourth-order valence-electron chi connectivity index (χ4n) is 1.33. The van der Waals surface area contributed by atoms with Gasteiger partial charge in [-0.05, 0) is 0 Å². The predicted molar refractivity (Wildman–Crippen MR) is 58.4 cm³/mol. The lowest BCUT2D eigenvalue weighted by molar-refractivity contribution is -0.142. The summed E-state index contributed by atoms with van der Waals surface area (Å²) in [7, 11) is -3.69. The van der Waals surface area contributed by atoms with Crippen LogP contribution in [0, 0.1) is 0 Å². The van der Waals surface area contributed by atoms with Crippen molar-refractivity contribution in [2.45, 2.75) is 10.4 Å². The van der Waals surface area contributed by atoms with Gasteiger partial charge in [-0.25, -0.2) is 13.4 Å². The molecule has 5 nitrogen and oxygen atoms in total. The number of hydrogen-bond donors (Lipinski definition) is 1. The van der Waals surface area contributed by atoms with Crippen LogP contribution in [0.2, 0.25) is 0 Å². The number of rotatable bonds is 1. The summed E-state index contributed by atoms with van der Waals surface area (Å²) in [5, 5.41) is 1.24. The van der Waals surface area contributed by atoms with Gasteiger partial charge in [-0.15, -0.1) is 11.3 Å². The Labute approximate surface area is 102 Å². The number of hydrogen-bond acceptors (Lipinski definition) is 5. The van der Waals surface area contributed by atoms with Crippen LogP contribution in [0.5, 0.6) is 0 Å². The number of aromatic nitrogens is 2. The molecule has 2 aromatic rings. The fraction of sp³-hybridized carbons (Fsp3) is 0.250. The van der Waals surface area contributed by atoms with Crippen LogP contribution >= 0.6 is 11.3 Å². The topological polar surface area (TPSA) is 79.9 Å². The molecule has 0 fully saturated rings. The Kier molecular flexibility index (Phi) is 2.74. The quantitative estimate of drug-likeness (QED) is 0.863. The van der Waals surface area contributed by atoms with E-state index in [-0.39, 0.29) is 15.2 Å². The molecule has 0 aromatic carbocycles. The maximum atomic E-state index is 12.5.